The van der Waals surface area contributed by atoms with Crippen molar-refractivity contribution in [3.63, 3.8) is 0 Å². The van der Waals surface area contributed by atoms with Crippen LogP contribution < -0.4 is 5.32 Å². The van der Waals surface area contributed by atoms with Crippen LogP contribution in [0.2, 0.25) is 0 Å². The molecule has 27 heavy (non-hydrogen) atoms. The fourth-order valence-electron chi connectivity index (χ4n) is 5.18. The summed E-state index contributed by atoms with van der Waals surface area (Å²) in [6.07, 6.45) is 4.41. The number of likely N-dealkylation sites (N-methyl/N-ethyl adjacent to an activating group) is 1. The first kappa shape index (κ1) is 19.4. The van der Waals surface area contributed by atoms with Crippen LogP contribution in [0.5, 0.6) is 0 Å². The fraction of sp³-hybridized carbons (Fsp3) is 0.950. The summed E-state index contributed by atoms with van der Waals surface area (Å²) >= 11 is 0. The third-order valence-electron chi connectivity index (χ3n) is 7.17. The molecule has 154 valence electrons. The van der Waals surface area contributed by atoms with Crippen LogP contribution in [0, 0.1) is 0 Å². The van der Waals surface area contributed by atoms with Gasteiger partial charge in [-0.15, -0.1) is 0 Å². The summed E-state index contributed by atoms with van der Waals surface area (Å²) in [5.41, 5.74) is -0.221. The Bertz CT molecular complexity index is 495. The summed E-state index contributed by atoms with van der Waals surface area (Å²) in [6.45, 7) is 14.9. The summed E-state index contributed by atoms with van der Waals surface area (Å²) in [5, 5.41) is 3.45. The average Bonchev–Trinajstić information content (AvgIpc) is 3.03. The number of hydrogen-bond donors (Lipinski definition) is 1. The summed E-state index contributed by atoms with van der Waals surface area (Å²) in [7, 11) is 0. The topological polar surface area (TPSA) is 51.3 Å². The van der Waals surface area contributed by atoms with E-state index in [9.17, 15) is 4.79 Å². The van der Waals surface area contributed by atoms with Crippen molar-refractivity contribution in [3.8, 4) is 0 Å². The lowest BCUT2D eigenvalue weighted by atomic mass is 9.89. The molecule has 0 radical (unpaired) electrons. The number of piperidine rings is 2. The standard InChI is InChI=1S/C20H37N5O2/c1-2-22-11-13-23(14-12-22)15-16-25-17-20(27-19(25)26)5-9-24(10-6-20)18-3-7-21-8-4-18/h18,21H,2-17H2,1H3. The van der Waals surface area contributed by atoms with Gasteiger partial charge in [0, 0.05) is 71.2 Å². The summed E-state index contributed by atoms with van der Waals surface area (Å²) in [5.74, 6) is 0. The quantitative estimate of drug-likeness (QED) is 0.758. The van der Waals surface area contributed by atoms with Gasteiger partial charge in [-0.2, -0.15) is 0 Å². The van der Waals surface area contributed by atoms with Crippen LogP contribution in [-0.4, -0.2) is 116 Å². The molecule has 1 N–H and O–H groups in total. The van der Waals surface area contributed by atoms with Crippen LogP contribution in [0.1, 0.15) is 32.6 Å². The van der Waals surface area contributed by atoms with Crippen LogP contribution in [0.25, 0.3) is 0 Å². The molecule has 7 heteroatoms. The largest absolute Gasteiger partial charge is 0.441 e. The Morgan fingerprint density at radius 1 is 1.00 bits per heavy atom. The van der Waals surface area contributed by atoms with Crippen LogP contribution in [-0.2, 0) is 4.74 Å². The predicted molar refractivity (Wildman–Crippen MR) is 106 cm³/mol. The first-order valence-corrected chi connectivity index (χ1v) is 11.0. The van der Waals surface area contributed by atoms with Crippen molar-refractivity contribution < 1.29 is 9.53 Å². The minimum Gasteiger partial charge on any atom is -0.441 e. The van der Waals surface area contributed by atoms with Gasteiger partial charge in [0.1, 0.15) is 5.60 Å². The molecule has 4 heterocycles. The van der Waals surface area contributed by atoms with Gasteiger partial charge in [-0.05, 0) is 32.5 Å². The molecule has 0 saturated carbocycles. The van der Waals surface area contributed by atoms with Crippen molar-refractivity contribution in [3.05, 3.63) is 0 Å². The molecule has 4 fully saturated rings. The Hall–Kier alpha value is -0.890. The molecule has 0 aromatic rings. The lowest BCUT2D eigenvalue weighted by Gasteiger charge is -2.42. The summed E-state index contributed by atoms with van der Waals surface area (Å²) in [6, 6.07) is 0.721. The first-order chi connectivity index (χ1) is 13.2. The molecule has 0 aromatic carbocycles. The highest BCUT2D eigenvalue weighted by Crippen LogP contribution is 2.34. The normalized spacial score (nSPS) is 28.8. The number of piperazine rings is 1. The molecule has 4 aliphatic heterocycles. The fourth-order valence-corrected chi connectivity index (χ4v) is 5.18. The van der Waals surface area contributed by atoms with E-state index in [4.69, 9.17) is 4.74 Å². The van der Waals surface area contributed by atoms with E-state index < -0.39 is 0 Å². The monoisotopic (exact) mass is 379 g/mol. The molecule has 0 aromatic heterocycles. The van der Waals surface area contributed by atoms with Crippen molar-refractivity contribution in [2.45, 2.75) is 44.2 Å². The van der Waals surface area contributed by atoms with Crippen molar-refractivity contribution in [2.75, 3.05) is 78.5 Å². The highest BCUT2D eigenvalue weighted by atomic mass is 16.6. The number of carbonyl (C=O) groups excluding carboxylic acids is 1. The van der Waals surface area contributed by atoms with Gasteiger partial charge in [0.15, 0.2) is 0 Å². The van der Waals surface area contributed by atoms with E-state index in [-0.39, 0.29) is 11.7 Å². The zero-order valence-corrected chi connectivity index (χ0v) is 17.0. The molecular weight excluding hydrogens is 342 g/mol. The molecule has 4 rings (SSSR count). The Kier molecular flexibility index (Phi) is 6.21. The van der Waals surface area contributed by atoms with Crippen molar-refractivity contribution >= 4 is 6.09 Å². The third kappa shape index (κ3) is 4.58. The van der Waals surface area contributed by atoms with Crippen LogP contribution in [0.15, 0.2) is 0 Å². The van der Waals surface area contributed by atoms with Crippen molar-refractivity contribution in [1.29, 1.82) is 0 Å². The summed E-state index contributed by atoms with van der Waals surface area (Å²) < 4.78 is 5.93. The first-order valence-electron chi connectivity index (χ1n) is 11.0. The lowest BCUT2D eigenvalue weighted by molar-refractivity contribution is -0.0136. The number of hydrogen-bond acceptors (Lipinski definition) is 6. The molecule has 7 nitrogen and oxygen atoms in total. The Morgan fingerprint density at radius 2 is 1.67 bits per heavy atom. The molecule has 4 aliphatic rings. The zero-order valence-electron chi connectivity index (χ0n) is 17.0. The van der Waals surface area contributed by atoms with Gasteiger partial charge >= 0.3 is 6.09 Å². The molecule has 0 bridgehead atoms. The van der Waals surface area contributed by atoms with Gasteiger partial charge in [0.25, 0.3) is 0 Å². The van der Waals surface area contributed by atoms with Crippen LogP contribution in [0.3, 0.4) is 0 Å². The summed E-state index contributed by atoms with van der Waals surface area (Å²) in [4.78, 5) is 22.0. The maximum atomic E-state index is 12.5. The zero-order chi connectivity index (χ0) is 18.7. The molecule has 0 atom stereocenters. The Balaban J connectivity index is 1.22. The Morgan fingerprint density at radius 3 is 2.33 bits per heavy atom. The predicted octanol–water partition coefficient (Wildman–Crippen LogP) is 0.663. The molecule has 1 spiro atoms. The van der Waals surface area contributed by atoms with E-state index in [2.05, 4.69) is 26.9 Å². The number of nitrogens with one attached hydrogen (secondary N) is 1. The number of likely N-dealkylation sites (tertiary alicyclic amines) is 1. The second-order valence-electron chi connectivity index (χ2n) is 8.77. The number of rotatable bonds is 5. The van der Waals surface area contributed by atoms with E-state index in [1.807, 2.05) is 4.90 Å². The van der Waals surface area contributed by atoms with Gasteiger partial charge in [0.2, 0.25) is 0 Å². The molecule has 0 unspecified atom stereocenters. The number of ether oxygens (including phenoxy) is 1. The van der Waals surface area contributed by atoms with E-state index in [0.29, 0.717) is 0 Å². The SMILES string of the molecule is CCN1CCN(CCN2CC3(CCN(C4CCNCC4)CC3)OC2=O)CC1. The maximum absolute atomic E-state index is 12.5. The van der Waals surface area contributed by atoms with Crippen molar-refractivity contribution in [2.24, 2.45) is 0 Å². The van der Waals surface area contributed by atoms with Gasteiger partial charge in [-0.25, -0.2) is 4.79 Å². The molecule has 4 saturated heterocycles. The van der Waals surface area contributed by atoms with E-state index >= 15 is 0 Å². The number of nitrogens with zero attached hydrogens (tertiary/aromatic N) is 4. The lowest BCUT2D eigenvalue weighted by Crippen LogP contribution is -2.52. The van der Waals surface area contributed by atoms with E-state index in [1.165, 1.54) is 12.8 Å². The van der Waals surface area contributed by atoms with E-state index in [0.717, 1.165) is 97.4 Å². The van der Waals surface area contributed by atoms with Gasteiger partial charge in [-0.1, -0.05) is 6.92 Å². The van der Waals surface area contributed by atoms with Gasteiger partial charge in [0.05, 0.1) is 6.54 Å². The Labute approximate surface area is 164 Å². The van der Waals surface area contributed by atoms with E-state index in [1.54, 1.807) is 0 Å². The average molecular weight is 380 g/mol. The van der Waals surface area contributed by atoms with Gasteiger partial charge in [-0.3, -0.25) is 9.80 Å². The molecular formula is C20H37N5O2. The minimum atomic E-state index is -0.221. The van der Waals surface area contributed by atoms with Gasteiger partial charge < -0.3 is 19.9 Å². The molecule has 1 amide bonds. The minimum absolute atomic E-state index is 0.0856. The highest BCUT2D eigenvalue weighted by Gasteiger charge is 2.47. The third-order valence-corrected chi connectivity index (χ3v) is 7.17. The molecule has 0 aliphatic carbocycles. The maximum Gasteiger partial charge on any atom is 0.410 e. The van der Waals surface area contributed by atoms with Crippen LogP contribution >= 0.6 is 0 Å². The number of amides is 1. The highest BCUT2D eigenvalue weighted by molar-refractivity contribution is 5.70. The van der Waals surface area contributed by atoms with Crippen molar-refractivity contribution in [1.82, 2.24) is 24.9 Å². The smallest absolute Gasteiger partial charge is 0.410 e. The number of carbonyl (C=O) groups is 1. The second kappa shape index (κ2) is 8.64. The van der Waals surface area contributed by atoms with Crippen LogP contribution in [0.4, 0.5) is 4.79 Å². The second-order valence-corrected chi connectivity index (χ2v) is 8.77.